The summed E-state index contributed by atoms with van der Waals surface area (Å²) >= 11 is 0. The van der Waals surface area contributed by atoms with Crippen LogP contribution in [0, 0.1) is 23.2 Å². The van der Waals surface area contributed by atoms with Crippen molar-refractivity contribution in [2.75, 3.05) is 52.4 Å². The van der Waals surface area contributed by atoms with Crippen LogP contribution in [0.3, 0.4) is 0 Å². The van der Waals surface area contributed by atoms with Crippen molar-refractivity contribution in [1.29, 1.82) is 0 Å². The van der Waals surface area contributed by atoms with Crippen LogP contribution < -0.4 is 0 Å². The van der Waals surface area contributed by atoms with Crippen molar-refractivity contribution in [2.24, 2.45) is 23.2 Å². The van der Waals surface area contributed by atoms with Gasteiger partial charge in [-0.3, -0.25) is 4.90 Å². The maximum absolute atomic E-state index is 2.91. The van der Waals surface area contributed by atoms with E-state index in [2.05, 4.69) is 35.5 Å². The van der Waals surface area contributed by atoms with E-state index in [1.54, 1.807) is 0 Å². The van der Waals surface area contributed by atoms with Gasteiger partial charge < -0.3 is 9.80 Å². The lowest BCUT2D eigenvalue weighted by Crippen LogP contribution is -2.49. The Morgan fingerprint density at radius 1 is 1.00 bits per heavy atom. The summed E-state index contributed by atoms with van der Waals surface area (Å²) in [5.41, 5.74) is 0.727. The highest BCUT2D eigenvalue weighted by molar-refractivity contribution is 5.03. The first kappa shape index (κ1) is 17.3. The van der Waals surface area contributed by atoms with Gasteiger partial charge in [0.05, 0.1) is 0 Å². The van der Waals surface area contributed by atoms with Crippen LogP contribution in [-0.2, 0) is 0 Å². The first-order valence-corrected chi connectivity index (χ1v) is 10.8. The minimum absolute atomic E-state index is 0.727. The number of hydrogen-bond acceptors (Lipinski definition) is 3. The molecule has 2 saturated heterocycles. The molecule has 0 N–H and O–H groups in total. The molecular weight excluding hydrogens is 294 g/mol. The fraction of sp³-hybridized carbons (Fsp3) is 1.00. The average Bonchev–Trinajstić information content (AvgIpc) is 3.01. The zero-order valence-electron chi connectivity index (χ0n) is 16.3. The fourth-order valence-corrected chi connectivity index (χ4v) is 6.09. The largest absolute Gasteiger partial charge is 0.301 e. The Morgan fingerprint density at radius 2 is 1.71 bits per heavy atom. The van der Waals surface area contributed by atoms with Crippen molar-refractivity contribution in [3.63, 3.8) is 0 Å². The molecule has 2 saturated carbocycles. The van der Waals surface area contributed by atoms with E-state index in [1.165, 1.54) is 84.5 Å². The highest BCUT2D eigenvalue weighted by atomic mass is 15.3. The highest BCUT2D eigenvalue weighted by Gasteiger charge is 2.50. The highest BCUT2D eigenvalue weighted by Crippen LogP contribution is 2.53. The van der Waals surface area contributed by atoms with Gasteiger partial charge in [-0.05, 0) is 61.8 Å². The number of rotatable bonds is 7. The molecule has 3 atom stereocenters. The maximum atomic E-state index is 2.91. The summed E-state index contributed by atoms with van der Waals surface area (Å²) in [6, 6.07) is 0.932. The van der Waals surface area contributed by atoms with Crippen molar-refractivity contribution in [3.05, 3.63) is 0 Å². The van der Waals surface area contributed by atoms with E-state index >= 15 is 0 Å². The van der Waals surface area contributed by atoms with Gasteiger partial charge >= 0.3 is 0 Å². The third-order valence-corrected chi connectivity index (χ3v) is 7.54. The van der Waals surface area contributed by atoms with Crippen LogP contribution in [0.25, 0.3) is 0 Å². The quantitative estimate of drug-likeness (QED) is 0.708. The van der Waals surface area contributed by atoms with E-state index in [0.29, 0.717) is 0 Å². The number of piperidine rings is 1. The Kier molecular flexibility index (Phi) is 4.96. The van der Waals surface area contributed by atoms with Crippen molar-refractivity contribution < 1.29 is 0 Å². The lowest BCUT2D eigenvalue weighted by Gasteiger charge is -2.39. The molecule has 3 nitrogen and oxygen atoms in total. The molecule has 0 aromatic heterocycles. The SMILES string of the molecule is CCN1CCN(C[C@H]2C[C@H]3C[C@@H]2CN3CC2(CC(C)C)CC2)CC1. The molecule has 2 aliphatic heterocycles. The molecule has 3 heteroatoms. The number of likely N-dealkylation sites (N-methyl/N-ethyl adjacent to an activating group) is 1. The van der Waals surface area contributed by atoms with Gasteiger partial charge in [0.15, 0.2) is 0 Å². The number of fused-ring (bicyclic) bond motifs is 2. The van der Waals surface area contributed by atoms with Gasteiger partial charge in [-0.25, -0.2) is 0 Å². The van der Waals surface area contributed by atoms with Gasteiger partial charge in [-0.15, -0.1) is 0 Å². The van der Waals surface area contributed by atoms with Gasteiger partial charge in [0.25, 0.3) is 0 Å². The molecule has 2 heterocycles. The Labute approximate surface area is 149 Å². The number of hydrogen-bond donors (Lipinski definition) is 0. The minimum atomic E-state index is 0.727. The summed E-state index contributed by atoms with van der Waals surface area (Å²) in [6.45, 7) is 17.8. The monoisotopic (exact) mass is 333 g/mol. The summed E-state index contributed by atoms with van der Waals surface area (Å²) in [5, 5.41) is 0. The number of likely N-dealkylation sites (tertiary alicyclic amines) is 1. The molecule has 0 aromatic rings. The predicted octanol–water partition coefficient (Wildman–Crippen LogP) is 3.16. The number of piperazine rings is 1. The maximum Gasteiger partial charge on any atom is 0.0110 e. The second-order valence-electron chi connectivity index (χ2n) is 9.91. The van der Waals surface area contributed by atoms with Crippen LogP contribution in [0.4, 0.5) is 0 Å². The Morgan fingerprint density at radius 3 is 2.25 bits per heavy atom. The lowest BCUT2D eigenvalue weighted by molar-refractivity contribution is 0.0857. The second kappa shape index (κ2) is 6.89. The summed E-state index contributed by atoms with van der Waals surface area (Å²) < 4.78 is 0. The van der Waals surface area contributed by atoms with E-state index in [0.717, 1.165) is 29.2 Å². The van der Waals surface area contributed by atoms with Crippen LogP contribution in [0.5, 0.6) is 0 Å². The third kappa shape index (κ3) is 3.68. The topological polar surface area (TPSA) is 9.72 Å². The zero-order valence-corrected chi connectivity index (χ0v) is 16.3. The van der Waals surface area contributed by atoms with Crippen molar-refractivity contribution in [1.82, 2.24) is 14.7 Å². The molecule has 2 aliphatic carbocycles. The molecule has 2 bridgehead atoms. The zero-order chi connectivity index (χ0) is 16.7. The average molecular weight is 334 g/mol. The molecular formula is C21H39N3. The Hall–Kier alpha value is -0.120. The summed E-state index contributed by atoms with van der Waals surface area (Å²) in [7, 11) is 0. The third-order valence-electron chi connectivity index (χ3n) is 7.54. The Bertz CT molecular complexity index is 423. The first-order chi connectivity index (χ1) is 11.6. The standard InChI is InChI=1S/C21H39N3/c1-4-22-7-9-23(10-8-22)14-18-11-20-12-19(18)15-24(20)16-21(5-6-21)13-17(2)3/h17-20H,4-16H2,1-3H3/t18-,19-,20+/m1/s1. The molecule has 0 aromatic carbocycles. The normalized spacial score (nSPS) is 36.8. The molecule has 138 valence electrons. The van der Waals surface area contributed by atoms with Crippen LogP contribution in [-0.4, -0.2) is 73.1 Å². The fourth-order valence-electron chi connectivity index (χ4n) is 6.09. The predicted molar refractivity (Wildman–Crippen MR) is 101 cm³/mol. The molecule has 0 spiro atoms. The summed E-state index contributed by atoms with van der Waals surface area (Å²) in [5.74, 6) is 2.88. The molecule has 4 aliphatic rings. The molecule has 0 amide bonds. The van der Waals surface area contributed by atoms with Gasteiger partial charge in [-0.1, -0.05) is 20.8 Å². The van der Waals surface area contributed by atoms with Gasteiger partial charge in [-0.2, -0.15) is 0 Å². The lowest BCUT2D eigenvalue weighted by atomic mass is 9.90. The van der Waals surface area contributed by atoms with Crippen LogP contribution in [0.2, 0.25) is 0 Å². The van der Waals surface area contributed by atoms with E-state index in [-0.39, 0.29) is 0 Å². The van der Waals surface area contributed by atoms with Crippen LogP contribution >= 0.6 is 0 Å². The molecule has 4 rings (SSSR count). The molecule has 24 heavy (non-hydrogen) atoms. The second-order valence-corrected chi connectivity index (χ2v) is 9.91. The van der Waals surface area contributed by atoms with Crippen LogP contribution in [0.15, 0.2) is 0 Å². The van der Waals surface area contributed by atoms with E-state index < -0.39 is 0 Å². The molecule has 0 unspecified atom stereocenters. The van der Waals surface area contributed by atoms with E-state index in [4.69, 9.17) is 0 Å². The Balaban J connectivity index is 1.23. The molecule has 4 fully saturated rings. The van der Waals surface area contributed by atoms with Crippen LogP contribution in [0.1, 0.15) is 52.9 Å². The smallest absolute Gasteiger partial charge is 0.0110 e. The van der Waals surface area contributed by atoms with Crippen molar-refractivity contribution in [3.8, 4) is 0 Å². The van der Waals surface area contributed by atoms with Crippen molar-refractivity contribution >= 4 is 0 Å². The minimum Gasteiger partial charge on any atom is -0.301 e. The summed E-state index contributed by atoms with van der Waals surface area (Å²) in [6.07, 6.45) is 7.48. The van der Waals surface area contributed by atoms with E-state index in [1.807, 2.05) is 0 Å². The number of nitrogens with zero attached hydrogens (tertiary/aromatic N) is 3. The van der Waals surface area contributed by atoms with Crippen molar-refractivity contribution in [2.45, 2.75) is 58.9 Å². The first-order valence-electron chi connectivity index (χ1n) is 10.8. The molecule has 0 radical (unpaired) electrons. The van der Waals surface area contributed by atoms with Gasteiger partial charge in [0.1, 0.15) is 0 Å². The van der Waals surface area contributed by atoms with E-state index in [9.17, 15) is 0 Å². The van der Waals surface area contributed by atoms with Gasteiger partial charge in [0.2, 0.25) is 0 Å². The summed E-state index contributed by atoms with van der Waals surface area (Å²) in [4.78, 5) is 8.28. The van der Waals surface area contributed by atoms with Gasteiger partial charge in [0, 0.05) is 51.9 Å².